The number of anilines is 2. The van der Waals surface area contributed by atoms with E-state index in [0.29, 0.717) is 5.69 Å². The lowest BCUT2D eigenvalue weighted by atomic mass is 10.2. The molecular formula is C22H16BrN3OS. The first-order valence-electron chi connectivity index (χ1n) is 8.41. The smallest absolute Gasteiger partial charge is 0.267 e. The zero-order valence-electron chi connectivity index (χ0n) is 14.7. The highest BCUT2D eigenvalue weighted by atomic mass is 79.9. The Balaban J connectivity index is 1.73. The van der Waals surface area contributed by atoms with E-state index in [1.165, 1.54) is 6.20 Å². The summed E-state index contributed by atoms with van der Waals surface area (Å²) in [5, 5.41) is 15.2. The maximum atomic E-state index is 12.6. The summed E-state index contributed by atoms with van der Waals surface area (Å²) in [6.45, 7) is 0. The van der Waals surface area contributed by atoms with Crippen LogP contribution in [-0.4, -0.2) is 5.91 Å². The normalized spacial score (nSPS) is 10.8. The number of hydrogen-bond acceptors (Lipinski definition) is 4. The van der Waals surface area contributed by atoms with Gasteiger partial charge in [-0.3, -0.25) is 4.79 Å². The highest BCUT2D eigenvalue weighted by molar-refractivity contribution is 9.10. The number of nitriles is 1. The van der Waals surface area contributed by atoms with Crippen LogP contribution >= 0.6 is 27.7 Å². The molecular weight excluding hydrogens is 434 g/mol. The standard InChI is InChI=1S/C22H16BrN3OS/c23-17-10-12-18(13-11-17)25-15-16(14-24)22(27)26-20-8-4-5-9-21(20)28-19-6-2-1-3-7-19/h1-13,15,25H,(H,26,27)/b16-15-. The number of carbonyl (C=O) groups is 1. The molecule has 0 saturated heterocycles. The third kappa shape index (κ3) is 5.49. The van der Waals surface area contributed by atoms with Crippen LogP contribution in [0.2, 0.25) is 0 Å². The van der Waals surface area contributed by atoms with Gasteiger partial charge in [0.25, 0.3) is 5.91 Å². The number of para-hydroxylation sites is 1. The number of benzene rings is 3. The molecule has 0 aromatic heterocycles. The Morgan fingerprint density at radius 3 is 2.36 bits per heavy atom. The van der Waals surface area contributed by atoms with Crippen LogP contribution in [0.15, 0.2) is 105 Å². The lowest BCUT2D eigenvalue weighted by molar-refractivity contribution is -0.112. The van der Waals surface area contributed by atoms with Crippen LogP contribution in [0, 0.1) is 11.3 Å². The summed E-state index contributed by atoms with van der Waals surface area (Å²) in [7, 11) is 0. The second-order valence-corrected chi connectivity index (χ2v) is 7.72. The van der Waals surface area contributed by atoms with Crippen molar-refractivity contribution < 1.29 is 4.79 Å². The Hall–Kier alpha value is -3.01. The Labute approximate surface area is 176 Å². The minimum absolute atomic E-state index is 0.0116. The molecule has 1 amide bonds. The third-order valence-electron chi connectivity index (χ3n) is 3.70. The lowest BCUT2D eigenvalue weighted by Crippen LogP contribution is -2.15. The molecule has 3 aromatic carbocycles. The number of halogens is 1. The molecule has 4 nitrogen and oxygen atoms in total. The first-order valence-corrected chi connectivity index (χ1v) is 10.0. The number of carbonyl (C=O) groups excluding carboxylic acids is 1. The molecule has 0 unspecified atom stereocenters. The van der Waals surface area contributed by atoms with Gasteiger partial charge in [0, 0.05) is 26.2 Å². The molecule has 0 aliphatic carbocycles. The number of nitrogens with zero attached hydrogens (tertiary/aromatic N) is 1. The van der Waals surface area contributed by atoms with E-state index in [0.717, 1.165) is 20.0 Å². The van der Waals surface area contributed by atoms with Crippen molar-refractivity contribution in [3.05, 3.63) is 95.1 Å². The number of hydrogen-bond donors (Lipinski definition) is 2. The first-order chi connectivity index (χ1) is 13.7. The highest BCUT2D eigenvalue weighted by Crippen LogP contribution is 2.33. The molecule has 3 rings (SSSR count). The van der Waals surface area contributed by atoms with Gasteiger partial charge in [0.05, 0.1) is 5.69 Å². The van der Waals surface area contributed by atoms with Crippen LogP contribution in [0.4, 0.5) is 11.4 Å². The molecule has 0 bridgehead atoms. The molecule has 3 aromatic rings. The molecule has 6 heteroatoms. The van der Waals surface area contributed by atoms with Crippen LogP contribution in [0.5, 0.6) is 0 Å². The van der Waals surface area contributed by atoms with Crippen molar-refractivity contribution >= 4 is 45.0 Å². The molecule has 28 heavy (non-hydrogen) atoms. The zero-order chi connectivity index (χ0) is 19.8. The average molecular weight is 450 g/mol. The van der Waals surface area contributed by atoms with Gasteiger partial charge in [-0.2, -0.15) is 5.26 Å². The molecule has 0 radical (unpaired) electrons. The Bertz CT molecular complexity index is 1030. The van der Waals surface area contributed by atoms with Gasteiger partial charge in [0.2, 0.25) is 0 Å². The fourth-order valence-electron chi connectivity index (χ4n) is 2.31. The van der Waals surface area contributed by atoms with Gasteiger partial charge >= 0.3 is 0 Å². The fraction of sp³-hybridized carbons (Fsp3) is 0. The fourth-order valence-corrected chi connectivity index (χ4v) is 3.50. The Kier molecular flexibility index (Phi) is 6.90. The Morgan fingerprint density at radius 2 is 1.64 bits per heavy atom. The van der Waals surface area contributed by atoms with Crippen molar-refractivity contribution in [2.24, 2.45) is 0 Å². The minimum atomic E-state index is -0.465. The van der Waals surface area contributed by atoms with E-state index < -0.39 is 5.91 Å². The van der Waals surface area contributed by atoms with Gasteiger partial charge in [-0.1, -0.05) is 58.0 Å². The molecule has 0 aliphatic rings. The summed E-state index contributed by atoms with van der Waals surface area (Å²) in [5.74, 6) is -0.465. The van der Waals surface area contributed by atoms with Gasteiger partial charge in [-0.05, 0) is 48.5 Å². The van der Waals surface area contributed by atoms with E-state index in [9.17, 15) is 10.1 Å². The molecule has 138 valence electrons. The SMILES string of the molecule is N#C/C(=C/Nc1ccc(Br)cc1)C(=O)Nc1ccccc1Sc1ccccc1. The summed E-state index contributed by atoms with van der Waals surface area (Å²) < 4.78 is 0.952. The monoisotopic (exact) mass is 449 g/mol. The summed E-state index contributed by atoms with van der Waals surface area (Å²) in [4.78, 5) is 14.5. The topological polar surface area (TPSA) is 64.9 Å². The van der Waals surface area contributed by atoms with Crippen LogP contribution in [0.3, 0.4) is 0 Å². The third-order valence-corrected chi connectivity index (χ3v) is 5.31. The lowest BCUT2D eigenvalue weighted by Gasteiger charge is -2.10. The van der Waals surface area contributed by atoms with Crippen LogP contribution in [-0.2, 0) is 4.79 Å². The van der Waals surface area contributed by atoms with Crippen LogP contribution in [0.1, 0.15) is 0 Å². The minimum Gasteiger partial charge on any atom is -0.360 e. The van der Waals surface area contributed by atoms with Gasteiger partial charge in [-0.25, -0.2) is 0 Å². The van der Waals surface area contributed by atoms with E-state index in [2.05, 4.69) is 26.6 Å². The summed E-state index contributed by atoms with van der Waals surface area (Å²) in [6.07, 6.45) is 1.41. The van der Waals surface area contributed by atoms with E-state index in [-0.39, 0.29) is 5.57 Å². The molecule has 2 N–H and O–H groups in total. The van der Waals surface area contributed by atoms with E-state index in [1.807, 2.05) is 84.9 Å². The largest absolute Gasteiger partial charge is 0.360 e. The summed E-state index contributed by atoms with van der Waals surface area (Å²) in [6, 6.07) is 26.8. The molecule has 0 spiro atoms. The van der Waals surface area contributed by atoms with Gasteiger partial charge < -0.3 is 10.6 Å². The highest BCUT2D eigenvalue weighted by Gasteiger charge is 2.12. The molecule has 0 aliphatic heterocycles. The molecule has 0 saturated carbocycles. The first kappa shape index (κ1) is 19.7. The Morgan fingerprint density at radius 1 is 0.964 bits per heavy atom. The van der Waals surface area contributed by atoms with Crippen molar-refractivity contribution in [3.63, 3.8) is 0 Å². The number of rotatable bonds is 6. The molecule has 0 atom stereocenters. The molecule has 0 heterocycles. The second kappa shape index (κ2) is 9.79. The molecule has 0 fully saturated rings. The number of amides is 1. The predicted molar refractivity (Wildman–Crippen MR) is 117 cm³/mol. The summed E-state index contributed by atoms with van der Waals surface area (Å²) in [5.41, 5.74) is 1.43. The van der Waals surface area contributed by atoms with Crippen LogP contribution in [0.25, 0.3) is 0 Å². The number of nitrogens with one attached hydrogen (secondary N) is 2. The second-order valence-electron chi connectivity index (χ2n) is 5.69. The van der Waals surface area contributed by atoms with E-state index in [4.69, 9.17) is 0 Å². The van der Waals surface area contributed by atoms with E-state index in [1.54, 1.807) is 11.8 Å². The zero-order valence-corrected chi connectivity index (χ0v) is 17.1. The van der Waals surface area contributed by atoms with Gasteiger partial charge in [0.1, 0.15) is 11.6 Å². The van der Waals surface area contributed by atoms with Crippen molar-refractivity contribution in [1.29, 1.82) is 5.26 Å². The van der Waals surface area contributed by atoms with Crippen molar-refractivity contribution in [1.82, 2.24) is 0 Å². The van der Waals surface area contributed by atoms with Crippen molar-refractivity contribution in [2.75, 3.05) is 10.6 Å². The maximum Gasteiger partial charge on any atom is 0.267 e. The quantitative estimate of drug-likeness (QED) is 0.354. The summed E-state index contributed by atoms with van der Waals surface area (Å²) >= 11 is 4.92. The van der Waals surface area contributed by atoms with Crippen molar-refractivity contribution in [2.45, 2.75) is 9.79 Å². The van der Waals surface area contributed by atoms with Gasteiger partial charge in [-0.15, -0.1) is 0 Å². The maximum absolute atomic E-state index is 12.6. The average Bonchev–Trinajstić information content (AvgIpc) is 2.72. The van der Waals surface area contributed by atoms with E-state index >= 15 is 0 Å². The van der Waals surface area contributed by atoms with Crippen LogP contribution < -0.4 is 10.6 Å². The predicted octanol–water partition coefficient (Wildman–Crippen LogP) is 6.06. The van der Waals surface area contributed by atoms with Gasteiger partial charge in [0.15, 0.2) is 0 Å². The van der Waals surface area contributed by atoms with Crippen molar-refractivity contribution in [3.8, 4) is 6.07 Å².